The minimum absolute atomic E-state index is 0.148. The highest BCUT2D eigenvalue weighted by Gasteiger charge is 2.35. The second-order valence-electron chi connectivity index (χ2n) is 7.41. The van der Waals surface area contributed by atoms with Crippen LogP contribution in [-0.4, -0.2) is 46.3 Å². The van der Waals surface area contributed by atoms with Gasteiger partial charge in [-0.2, -0.15) is 0 Å². The van der Waals surface area contributed by atoms with Crippen LogP contribution in [0.15, 0.2) is 34.9 Å². The van der Waals surface area contributed by atoms with Crippen molar-refractivity contribution in [2.75, 3.05) is 13.1 Å². The van der Waals surface area contributed by atoms with E-state index in [1.54, 1.807) is 0 Å². The van der Waals surface area contributed by atoms with Crippen LogP contribution < -0.4 is 5.32 Å². The first-order chi connectivity index (χ1) is 12.2. The zero-order chi connectivity index (χ0) is 17.2. The van der Waals surface area contributed by atoms with Crippen LogP contribution in [0.4, 0.5) is 0 Å². The van der Waals surface area contributed by atoms with Crippen LogP contribution >= 0.6 is 0 Å². The first-order valence-corrected chi connectivity index (χ1v) is 9.36. The summed E-state index contributed by atoms with van der Waals surface area (Å²) in [6.07, 6.45) is 6.21. The van der Waals surface area contributed by atoms with Crippen LogP contribution in [0.1, 0.15) is 37.1 Å². The van der Waals surface area contributed by atoms with Crippen molar-refractivity contribution >= 4 is 0 Å². The van der Waals surface area contributed by atoms with Crippen LogP contribution in [-0.2, 0) is 6.54 Å². The fourth-order valence-electron chi connectivity index (χ4n) is 4.15. The molecule has 1 aliphatic carbocycles. The summed E-state index contributed by atoms with van der Waals surface area (Å²) in [5, 5.41) is 13.4. The predicted molar refractivity (Wildman–Crippen MR) is 97.1 cm³/mol. The molecule has 4 rings (SSSR count). The van der Waals surface area contributed by atoms with Gasteiger partial charge in [0.2, 0.25) is 5.89 Å². The molecule has 2 N–H and O–H groups in total. The molecule has 0 spiro atoms. The molecule has 1 saturated carbocycles. The predicted octanol–water partition coefficient (Wildman–Crippen LogP) is 2.73. The van der Waals surface area contributed by atoms with E-state index in [1.807, 2.05) is 6.20 Å². The molecule has 0 amide bonds. The number of rotatable bonds is 5. The summed E-state index contributed by atoms with van der Waals surface area (Å²) in [4.78, 5) is 6.87. The van der Waals surface area contributed by atoms with Gasteiger partial charge in [0, 0.05) is 30.7 Å². The van der Waals surface area contributed by atoms with Gasteiger partial charge in [-0.1, -0.05) is 36.2 Å². The maximum atomic E-state index is 9.80. The first kappa shape index (κ1) is 16.8. The average molecular weight is 341 g/mol. The molecule has 0 bridgehead atoms. The molecule has 1 unspecified atom stereocenters. The molecule has 0 radical (unpaired) electrons. The third-order valence-electron chi connectivity index (χ3n) is 5.55. The summed E-state index contributed by atoms with van der Waals surface area (Å²) in [7, 11) is 0. The van der Waals surface area contributed by atoms with Crippen LogP contribution in [0.25, 0.3) is 11.3 Å². The van der Waals surface area contributed by atoms with Gasteiger partial charge in [0.25, 0.3) is 0 Å². The Hall–Kier alpha value is -1.69. The molecule has 134 valence electrons. The molecular weight excluding hydrogens is 314 g/mol. The van der Waals surface area contributed by atoms with E-state index < -0.39 is 0 Å². The molecule has 25 heavy (non-hydrogen) atoms. The molecule has 1 aromatic heterocycles. The van der Waals surface area contributed by atoms with Crippen molar-refractivity contribution in [2.45, 2.75) is 57.3 Å². The number of aryl methyl sites for hydroxylation is 1. The van der Waals surface area contributed by atoms with E-state index in [0.717, 1.165) is 36.7 Å². The van der Waals surface area contributed by atoms with E-state index in [4.69, 9.17) is 4.42 Å². The largest absolute Gasteiger partial charge is 0.439 e. The topological polar surface area (TPSA) is 61.5 Å². The summed E-state index contributed by atoms with van der Waals surface area (Å²) >= 11 is 0. The van der Waals surface area contributed by atoms with Gasteiger partial charge in [-0.3, -0.25) is 4.90 Å². The maximum Gasteiger partial charge on any atom is 0.208 e. The Morgan fingerprint density at radius 1 is 1.24 bits per heavy atom. The number of nitrogens with one attached hydrogen (secondary N) is 1. The molecule has 2 aliphatic rings. The number of nitrogens with zero attached hydrogens (tertiary/aromatic N) is 2. The minimum atomic E-state index is -0.148. The maximum absolute atomic E-state index is 9.80. The normalized spacial score (nSPS) is 27.2. The quantitative estimate of drug-likeness (QED) is 0.876. The number of β-amino-alcohol motifs (C(OH)–C–C–N with tert-alkyl or cyclic N) is 1. The Balaban J connectivity index is 1.36. The SMILES string of the molecule is Cc1ccc(-c2cnc(CN[C@@H]3CCC[C@@H]3N3CCC(O)C3)o2)cc1. The number of aliphatic hydroxyl groups is 1. The average Bonchev–Trinajstić information content (AvgIpc) is 3.33. The molecule has 2 aromatic rings. The van der Waals surface area contributed by atoms with E-state index >= 15 is 0 Å². The van der Waals surface area contributed by atoms with Gasteiger partial charge >= 0.3 is 0 Å². The van der Waals surface area contributed by atoms with Crippen molar-refractivity contribution < 1.29 is 9.52 Å². The fourth-order valence-corrected chi connectivity index (χ4v) is 4.15. The van der Waals surface area contributed by atoms with Crippen LogP contribution in [0.5, 0.6) is 0 Å². The molecule has 1 aliphatic heterocycles. The number of oxazole rings is 1. The van der Waals surface area contributed by atoms with E-state index in [0.29, 0.717) is 18.6 Å². The van der Waals surface area contributed by atoms with Gasteiger partial charge < -0.3 is 14.8 Å². The van der Waals surface area contributed by atoms with E-state index in [9.17, 15) is 5.11 Å². The number of likely N-dealkylation sites (tertiary alicyclic amines) is 1. The Labute approximate surface area is 149 Å². The lowest BCUT2D eigenvalue weighted by atomic mass is 10.1. The van der Waals surface area contributed by atoms with E-state index in [1.165, 1.54) is 24.8 Å². The molecule has 5 heteroatoms. The molecule has 3 atom stereocenters. The lowest BCUT2D eigenvalue weighted by molar-refractivity contribution is 0.149. The minimum Gasteiger partial charge on any atom is -0.439 e. The summed E-state index contributed by atoms with van der Waals surface area (Å²) in [6, 6.07) is 9.30. The number of aromatic nitrogens is 1. The highest BCUT2D eigenvalue weighted by Crippen LogP contribution is 2.28. The molecule has 1 aromatic carbocycles. The first-order valence-electron chi connectivity index (χ1n) is 9.36. The van der Waals surface area contributed by atoms with Crippen LogP contribution in [0.3, 0.4) is 0 Å². The van der Waals surface area contributed by atoms with Crippen molar-refractivity contribution in [3.63, 3.8) is 0 Å². The second kappa shape index (κ2) is 7.28. The Kier molecular flexibility index (Phi) is 4.88. The Morgan fingerprint density at radius 2 is 2.08 bits per heavy atom. The highest BCUT2D eigenvalue weighted by molar-refractivity contribution is 5.56. The van der Waals surface area contributed by atoms with Gasteiger partial charge in [0.1, 0.15) is 0 Å². The van der Waals surface area contributed by atoms with Crippen molar-refractivity contribution in [1.82, 2.24) is 15.2 Å². The van der Waals surface area contributed by atoms with Crippen molar-refractivity contribution in [3.05, 3.63) is 41.9 Å². The number of aliphatic hydroxyl groups excluding tert-OH is 1. The zero-order valence-corrected chi connectivity index (χ0v) is 14.8. The number of hydrogen-bond donors (Lipinski definition) is 2. The number of benzene rings is 1. The monoisotopic (exact) mass is 341 g/mol. The summed E-state index contributed by atoms with van der Waals surface area (Å²) in [5.74, 6) is 1.56. The van der Waals surface area contributed by atoms with Crippen molar-refractivity contribution in [3.8, 4) is 11.3 Å². The Bertz CT molecular complexity index is 697. The van der Waals surface area contributed by atoms with Crippen LogP contribution in [0, 0.1) is 6.92 Å². The second-order valence-corrected chi connectivity index (χ2v) is 7.41. The van der Waals surface area contributed by atoms with E-state index in [-0.39, 0.29) is 6.10 Å². The lowest BCUT2D eigenvalue weighted by Crippen LogP contribution is -2.46. The molecule has 2 fully saturated rings. The van der Waals surface area contributed by atoms with Crippen LogP contribution in [0.2, 0.25) is 0 Å². The number of hydrogen-bond acceptors (Lipinski definition) is 5. The van der Waals surface area contributed by atoms with Gasteiger partial charge in [-0.05, 0) is 26.2 Å². The van der Waals surface area contributed by atoms with Gasteiger partial charge in [0.15, 0.2) is 5.76 Å². The standard InChI is InChI=1S/C20H27N3O2/c1-14-5-7-15(8-6-14)19-11-22-20(25-19)12-21-17-3-2-4-18(17)23-10-9-16(24)13-23/h5-8,11,16-18,21,24H,2-4,9-10,12-13H2,1H3/t16?,17-,18+/m1/s1. The van der Waals surface area contributed by atoms with E-state index in [2.05, 4.69) is 46.4 Å². The highest BCUT2D eigenvalue weighted by atomic mass is 16.4. The molecule has 2 heterocycles. The smallest absolute Gasteiger partial charge is 0.208 e. The summed E-state index contributed by atoms with van der Waals surface area (Å²) in [5.41, 5.74) is 2.30. The third kappa shape index (κ3) is 3.78. The molecular formula is C20H27N3O2. The zero-order valence-electron chi connectivity index (χ0n) is 14.8. The Morgan fingerprint density at radius 3 is 2.84 bits per heavy atom. The van der Waals surface area contributed by atoms with Gasteiger partial charge in [0.05, 0.1) is 18.8 Å². The third-order valence-corrected chi connectivity index (χ3v) is 5.55. The van der Waals surface area contributed by atoms with Crippen molar-refractivity contribution in [1.29, 1.82) is 0 Å². The molecule has 5 nitrogen and oxygen atoms in total. The fraction of sp³-hybridized carbons (Fsp3) is 0.550. The molecule has 1 saturated heterocycles. The van der Waals surface area contributed by atoms with Crippen molar-refractivity contribution in [2.24, 2.45) is 0 Å². The van der Waals surface area contributed by atoms with Gasteiger partial charge in [-0.15, -0.1) is 0 Å². The van der Waals surface area contributed by atoms with Gasteiger partial charge in [-0.25, -0.2) is 4.98 Å². The lowest BCUT2D eigenvalue weighted by Gasteiger charge is -2.29. The summed E-state index contributed by atoms with van der Waals surface area (Å²) < 4.78 is 5.92. The summed E-state index contributed by atoms with van der Waals surface area (Å²) in [6.45, 7) is 4.57.